The van der Waals surface area contributed by atoms with E-state index in [0.29, 0.717) is 12.1 Å². The maximum Gasteiger partial charge on any atom is 0.265 e. The van der Waals surface area contributed by atoms with Crippen LogP contribution in [-0.4, -0.2) is 35.2 Å². The quantitative estimate of drug-likeness (QED) is 0.259. The van der Waals surface area contributed by atoms with Gasteiger partial charge in [-0.2, -0.15) is 0 Å². The zero-order valence-electron chi connectivity index (χ0n) is 9.55. The first-order chi connectivity index (χ1) is 8.54. The lowest BCUT2D eigenvalue weighted by molar-refractivity contribution is -0.00340. The van der Waals surface area contributed by atoms with Crippen molar-refractivity contribution in [3.63, 3.8) is 0 Å². The predicted octanol–water partition coefficient (Wildman–Crippen LogP) is 0.497. The van der Waals surface area contributed by atoms with Gasteiger partial charge in [0.25, 0.3) is 6.43 Å². The lowest BCUT2D eigenvalue weighted by Gasteiger charge is -2.10. The average molecular weight is 259 g/mol. The van der Waals surface area contributed by atoms with Gasteiger partial charge in [-0.05, 0) is 5.56 Å². The highest BCUT2D eigenvalue weighted by Gasteiger charge is 2.15. The smallest absolute Gasteiger partial charge is 0.265 e. The van der Waals surface area contributed by atoms with Crippen LogP contribution in [0.25, 0.3) is 0 Å². The minimum atomic E-state index is -2.75. The second-order valence-electron chi connectivity index (χ2n) is 3.71. The number of halogens is 2. The number of oxime groups is 1. The third-order valence-corrected chi connectivity index (χ3v) is 2.33. The molecule has 18 heavy (non-hydrogen) atoms. The predicted molar refractivity (Wildman–Crippen MR) is 62.7 cm³/mol. The number of hydrogen-bond donors (Lipinski definition) is 4. The van der Waals surface area contributed by atoms with Crippen molar-refractivity contribution in [2.45, 2.75) is 19.1 Å². The summed E-state index contributed by atoms with van der Waals surface area (Å²) in [5.41, 5.74) is 6.79. The number of hydrogen-bond acceptors (Lipinski definition) is 4. The third-order valence-electron chi connectivity index (χ3n) is 2.33. The van der Waals surface area contributed by atoms with Gasteiger partial charge >= 0.3 is 0 Å². The fraction of sp³-hybridized carbons (Fsp3) is 0.364. The van der Waals surface area contributed by atoms with E-state index in [4.69, 9.17) is 16.0 Å². The summed E-state index contributed by atoms with van der Waals surface area (Å²) in [5, 5.41) is 22.9. The summed E-state index contributed by atoms with van der Waals surface area (Å²) in [4.78, 5) is 0. The molecule has 1 atom stereocenters. The highest BCUT2D eigenvalue weighted by molar-refractivity contribution is 5.96. The van der Waals surface area contributed by atoms with Crippen molar-refractivity contribution in [1.29, 1.82) is 0 Å². The molecule has 0 aliphatic rings. The lowest BCUT2D eigenvalue weighted by atomic mass is 10.1. The third kappa shape index (κ3) is 4.27. The molecule has 0 bridgehead atoms. The van der Waals surface area contributed by atoms with Crippen LogP contribution >= 0.6 is 0 Å². The van der Waals surface area contributed by atoms with Crippen molar-refractivity contribution in [3.8, 4) is 0 Å². The first kappa shape index (κ1) is 14.3. The van der Waals surface area contributed by atoms with Crippen LogP contribution in [-0.2, 0) is 6.54 Å². The molecule has 0 aliphatic heterocycles. The molecule has 7 heteroatoms. The van der Waals surface area contributed by atoms with Crippen LogP contribution in [0.15, 0.2) is 29.4 Å². The van der Waals surface area contributed by atoms with Gasteiger partial charge in [0.1, 0.15) is 6.10 Å². The van der Waals surface area contributed by atoms with E-state index in [-0.39, 0.29) is 12.4 Å². The Morgan fingerprint density at radius 2 is 1.94 bits per heavy atom. The van der Waals surface area contributed by atoms with Gasteiger partial charge in [-0.25, -0.2) is 8.78 Å². The Morgan fingerprint density at radius 1 is 1.33 bits per heavy atom. The molecule has 100 valence electrons. The van der Waals surface area contributed by atoms with E-state index in [1.807, 2.05) is 0 Å². The second kappa shape index (κ2) is 6.87. The maximum absolute atomic E-state index is 12.0. The topological polar surface area (TPSA) is 90.9 Å². The number of aliphatic hydroxyl groups excluding tert-OH is 1. The summed E-state index contributed by atoms with van der Waals surface area (Å²) in [6.45, 7) is 0.167. The Balaban J connectivity index is 2.45. The standard InChI is InChI=1S/C11H15F2N3O2/c12-10(13)9(17)6-15-5-7-1-3-8(4-2-7)11(14)16-18/h1-4,9-10,15,17-18H,5-6H2,(H2,14,16). The minimum absolute atomic E-state index is 0.00244. The van der Waals surface area contributed by atoms with Crippen molar-refractivity contribution in [2.24, 2.45) is 10.9 Å². The van der Waals surface area contributed by atoms with E-state index in [0.717, 1.165) is 5.56 Å². The van der Waals surface area contributed by atoms with E-state index >= 15 is 0 Å². The zero-order chi connectivity index (χ0) is 13.5. The molecule has 1 unspecified atom stereocenters. The van der Waals surface area contributed by atoms with Crippen LogP contribution < -0.4 is 11.1 Å². The number of amidine groups is 1. The van der Waals surface area contributed by atoms with Gasteiger partial charge in [0.05, 0.1) is 0 Å². The number of benzene rings is 1. The van der Waals surface area contributed by atoms with Gasteiger partial charge in [-0.1, -0.05) is 29.4 Å². The van der Waals surface area contributed by atoms with Crippen molar-refractivity contribution < 1.29 is 19.1 Å². The Kier molecular flexibility index (Phi) is 5.47. The van der Waals surface area contributed by atoms with Crippen LogP contribution in [0.2, 0.25) is 0 Å². The highest BCUT2D eigenvalue weighted by Crippen LogP contribution is 2.04. The summed E-state index contributed by atoms with van der Waals surface area (Å²) >= 11 is 0. The van der Waals surface area contributed by atoms with Crippen LogP contribution in [0.5, 0.6) is 0 Å². The van der Waals surface area contributed by atoms with Gasteiger partial charge in [0.2, 0.25) is 0 Å². The van der Waals surface area contributed by atoms with E-state index in [2.05, 4.69) is 10.5 Å². The minimum Gasteiger partial charge on any atom is -0.409 e. The molecule has 0 fully saturated rings. The van der Waals surface area contributed by atoms with Crippen LogP contribution in [0.3, 0.4) is 0 Å². The van der Waals surface area contributed by atoms with Gasteiger partial charge in [-0.15, -0.1) is 0 Å². The molecule has 0 amide bonds. The van der Waals surface area contributed by atoms with Crippen molar-refractivity contribution in [2.75, 3.05) is 6.54 Å². The molecule has 1 rings (SSSR count). The summed E-state index contributed by atoms with van der Waals surface area (Å²) < 4.78 is 24.0. The fourth-order valence-electron chi connectivity index (χ4n) is 1.30. The monoisotopic (exact) mass is 259 g/mol. The van der Waals surface area contributed by atoms with Crippen molar-refractivity contribution in [1.82, 2.24) is 5.32 Å². The van der Waals surface area contributed by atoms with Crippen LogP contribution in [0.4, 0.5) is 8.78 Å². The number of alkyl halides is 2. The van der Waals surface area contributed by atoms with Gasteiger partial charge in [-0.3, -0.25) is 0 Å². The summed E-state index contributed by atoms with van der Waals surface area (Å²) in [7, 11) is 0. The molecule has 0 aliphatic carbocycles. The molecule has 0 saturated carbocycles. The maximum atomic E-state index is 12.0. The first-order valence-electron chi connectivity index (χ1n) is 5.28. The molecular formula is C11H15F2N3O2. The molecule has 0 radical (unpaired) electrons. The zero-order valence-corrected chi connectivity index (χ0v) is 9.55. The number of aliphatic hydroxyl groups is 1. The molecule has 5 N–H and O–H groups in total. The molecule has 0 saturated heterocycles. The number of nitrogens with one attached hydrogen (secondary N) is 1. The summed E-state index contributed by atoms with van der Waals surface area (Å²) in [6, 6.07) is 6.73. The first-order valence-corrected chi connectivity index (χ1v) is 5.28. The van der Waals surface area contributed by atoms with Crippen molar-refractivity contribution >= 4 is 5.84 Å². The summed E-state index contributed by atoms with van der Waals surface area (Å²) in [5.74, 6) is 0.00244. The Hall–Kier alpha value is -1.73. The van der Waals surface area contributed by atoms with Gasteiger partial charge in [0, 0.05) is 18.7 Å². The van der Waals surface area contributed by atoms with Crippen LogP contribution in [0.1, 0.15) is 11.1 Å². The largest absolute Gasteiger partial charge is 0.409 e. The van der Waals surface area contributed by atoms with E-state index in [1.54, 1.807) is 24.3 Å². The van der Waals surface area contributed by atoms with Gasteiger partial charge < -0.3 is 21.4 Å². The number of rotatable bonds is 6. The number of nitrogens with two attached hydrogens (primary N) is 1. The Morgan fingerprint density at radius 3 is 2.44 bits per heavy atom. The molecule has 1 aromatic carbocycles. The van der Waals surface area contributed by atoms with E-state index in [9.17, 15) is 8.78 Å². The van der Waals surface area contributed by atoms with E-state index in [1.165, 1.54) is 0 Å². The Bertz CT molecular complexity index is 396. The van der Waals surface area contributed by atoms with Crippen LogP contribution in [0, 0.1) is 0 Å². The van der Waals surface area contributed by atoms with E-state index < -0.39 is 12.5 Å². The summed E-state index contributed by atoms with van der Waals surface area (Å²) in [6.07, 6.45) is -4.41. The molecule has 0 spiro atoms. The number of nitrogens with zero attached hydrogens (tertiary/aromatic N) is 1. The normalized spacial score (nSPS) is 13.9. The molecule has 5 nitrogen and oxygen atoms in total. The second-order valence-corrected chi connectivity index (χ2v) is 3.71. The molecule has 0 heterocycles. The fourth-order valence-corrected chi connectivity index (χ4v) is 1.30. The molecule has 1 aromatic rings. The molecule has 0 aromatic heterocycles. The van der Waals surface area contributed by atoms with Crippen molar-refractivity contribution in [3.05, 3.63) is 35.4 Å². The SMILES string of the molecule is N/C(=N/O)c1ccc(CNCC(O)C(F)F)cc1. The average Bonchev–Trinajstić information content (AvgIpc) is 2.38. The van der Waals surface area contributed by atoms with Gasteiger partial charge in [0.15, 0.2) is 5.84 Å². The Labute approximate surface area is 103 Å². The highest BCUT2D eigenvalue weighted by atomic mass is 19.3. The molecular weight excluding hydrogens is 244 g/mol. The lowest BCUT2D eigenvalue weighted by Crippen LogP contribution is -2.31.